The van der Waals surface area contributed by atoms with Crippen LogP contribution in [0.1, 0.15) is 6.42 Å². The normalized spacial score (nSPS) is 26.6. The maximum absolute atomic E-state index is 13.5. The molecule has 0 radical (unpaired) electrons. The molecule has 1 aliphatic carbocycles. The molecule has 0 saturated carbocycles. The van der Waals surface area contributed by atoms with Crippen LogP contribution in [-0.2, 0) is 4.74 Å². The van der Waals surface area contributed by atoms with E-state index >= 15 is 0 Å². The molecule has 0 N–H and O–H groups in total. The van der Waals surface area contributed by atoms with Crippen LogP contribution in [0.4, 0.5) is 30.7 Å². The molecule has 0 aromatic rings. The number of hydrogen-bond acceptors (Lipinski definition) is 1. The highest BCUT2D eigenvalue weighted by atomic mass is 35.5. The summed E-state index contributed by atoms with van der Waals surface area (Å²) in [6.45, 7) is 0. The van der Waals surface area contributed by atoms with Crippen LogP contribution in [-0.4, -0.2) is 18.1 Å². The molecule has 0 aromatic heterocycles. The summed E-state index contributed by atoms with van der Waals surface area (Å²) in [6.07, 6.45) is -12.5. The highest BCUT2D eigenvalue weighted by Crippen LogP contribution is 2.43. The van der Waals surface area contributed by atoms with E-state index in [1.165, 1.54) is 0 Å². The molecular weight excluding hydrogens is 281 g/mol. The first kappa shape index (κ1) is 14.3. The zero-order valence-corrected chi connectivity index (χ0v) is 8.55. The molecule has 1 unspecified atom stereocenters. The average Bonchev–Trinajstić information content (AvgIpc) is 1.94. The van der Waals surface area contributed by atoms with E-state index in [0.717, 1.165) is 0 Å². The molecule has 17 heavy (non-hydrogen) atoms. The number of halogens is 8. The van der Waals surface area contributed by atoms with Crippen LogP contribution in [0.25, 0.3) is 0 Å². The van der Waals surface area contributed by atoms with E-state index in [0.29, 0.717) is 6.08 Å². The van der Waals surface area contributed by atoms with Crippen molar-refractivity contribution in [3.8, 4) is 0 Å². The van der Waals surface area contributed by atoms with Gasteiger partial charge in [-0.1, -0.05) is 11.6 Å². The van der Waals surface area contributed by atoms with Crippen molar-refractivity contribution in [2.24, 2.45) is 0 Å². The van der Waals surface area contributed by atoms with Gasteiger partial charge in [-0.3, -0.25) is 4.74 Å². The molecule has 0 amide bonds. The zero-order chi connectivity index (χ0) is 13.5. The molecule has 0 bridgehead atoms. The molecule has 9 heteroatoms. The molecule has 98 valence electrons. The van der Waals surface area contributed by atoms with E-state index in [1.807, 2.05) is 0 Å². The van der Waals surface area contributed by atoms with E-state index in [9.17, 15) is 30.7 Å². The van der Waals surface area contributed by atoms with E-state index in [2.05, 4.69) is 4.74 Å². The first-order valence-corrected chi connectivity index (χ1v) is 4.41. The summed E-state index contributed by atoms with van der Waals surface area (Å²) in [5, 5.41) is -0.672. The summed E-state index contributed by atoms with van der Waals surface area (Å²) in [5.41, 5.74) is 0. The second-order valence-electron chi connectivity index (χ2n) is 3.20. The van der Waals surface area contributed by atoms with Gasteiger partial charge in [-0.2, -0.15) is 22.0 Å². The van der Waals surface area contributed by atoms with Crippen molar-refractivity contribution in [2.45, 2.75) is 24.6 Å². The third-order valence-electron chi connectivity index (χ3n) is 1.69. The Labute approximate surface area is 95.5 Å². The van der Waals surface area contributed by atoms with E-state index < -0.39 is 35.4 Å². The third-order valence-corrected chi connectivity index (χ3v) is 1.90. The van der Waals surface area contributed by atoms with Gasteiger partial charge in [-0.15, -0.1) is 0 Å². The molecule has 0 fully saturated rings. The third kappa shape index (κ3) is 3.35. The average molecular weight is 285 g/mol. The molecule has 0 saturated heterocycles. The highest BCUT2D eigenvalue weighted by molar-refractivity contribution is 6.31. The summed E-state index contributed by atoms with van der Waals surface area (Å²) in [6, 6.07) is 0. The SMILES string of the molecule is FC1=CC(Cl)=CC(F)(OC(F)(F)C(F)(F)F)C1. The molecule has 0 spiro atoms. The largest absolute Gasteiger partial charge is 0.483 e. The van der Waals surface area contributed by atoms with Crippen molar-refractivity contribution in [1.29, 1.82) is 0 Å². The molecular formula is C8H4ClF7O. The van der Waals surface area contributed by atoms with Gasteiger partial charge in [0.15, 0.2) is 0 Å². The van der Waals surface area contributed by atoms with Crippen LogP contribution in [0.15, 0.2) is 23.0 Å². The Hall–Kier alpha value is -0.760. The van der Waals surface area contributed by atoms with E-state index in [4.69, 9.17) is 11.6 Å². The van der Waals surface area contributed by atoms with Crippen LogP contribution < -0.4 is 0 Å². The molecule has 0 heterocycles. The van der Waals surface area contributed by atoms with Crippen LogP contribution in [0.2, 0.25) is 0 Å². The van der Waals surface area contributed by atoms with Gasteiger partial charge < -0.3 is 0 Å². The Morgan fingerprint density at radius 3 is 2.18 bits per heavy atom. The predicted octanol–water partition coefficient (Wildman–Crippen LogP) is 4.20. The number of rotatable bonds is 2. The van der Waals surface area contributed by atoms with Crippen molar-refractivity contribution in [3.63, 3.8) is 0 Å². The fraction of sp³-hybridized carbons (Fsp3) is 0.500. The molecule has 1 aliphatic rings. The lowest BCUT2D eigenvalue weighted by Gasteiger charge is -2.29. The summed E-state index contributed by atoms with van der Waals surface area (Å²) in [5.74, 6) is -4.95. The maximum Gasteiger partial charge on any atom is 0.483 e. The lowest BCUT2D eigenvalue weighted by atomic mass is 10.1. The minimum absolute atomic E-state index is 0.136. The Kier molecular flexibility index (Phi) is 3.50. The topological polar surface area (TPSA) is 9.23 Å². The quantitative estimate of drug-likeness (QED) is 0.690. The lowest BCUT2D eigenvalue weighted by Crippen LogP contribution is -2.46. The Balaban J connectivity index is 2.93. The second kappa shape index (κ2) is 4.16. The molecule has 0 aromatic carbocycles. The van der Waals surface area contributed by atoms with Gasteiger partial charge in [0, 0.05) is 5.03 Å². The second-order valence-corrected chi connectivity index (χ2v) is 3.64. The summed E-state index contributed by atoms with van der Waals surface area (Å²) in [7, 11) is 0. The van der Waals surface area contributed by atoms with Crippen molar-refractivity contribution >= 4 is 11.6 Å². The molecule has 1 nitrogen and oxygen atoms in total. The highest BCUT2D eigenvalue weighted by Gasteiger charge is 2.63. The van der Waals surface area contributed by atoms with Crippen LogP contribution >= 0.6 is 11.6 Å². The maximum atomic E-state index is 13.5. The Bertz CT molecular complexity index is 373. The van der Waals surface area contributed by atoms with Crippen molar-refractivity contribution in [1.82, 2.24) is 0 Å². The molecule has 1 rings (SSSR count). The predicted molar refractivity (Wildman–Crippen MR) is 43.7 cm³/mol. The smallest absolute Gasteiger partial charge is 0.271 e. The van der Waals surface area contributed by atoms with Crippen LogP contribution in [0, 0.1) is 0 Å². The summed E-state index contributed by atoms with van der Waals surface area (Å²) >= 11 is 5.14. The number of hydrogen-bond donors (Lipinski definition) is 0. The van der Waals surface area contributed by atoms with Crippen LogP contribution in [0.5, 0.6) is 0 Å². The van der Waals surface area contributed by atoms with E-state index in [-0.39, 0.29) is 6.08 Å². The monoisotopic (exact) mass is 284 g/mol. The summed E-state index contributed by atoms with van der Waals surface area (Å²) in [4.78, 5) is 0. The standard InChI is InChI=1S/C8H4ClF7O/c9-4-1-5(10)3-6(11,2-4)17-8(15,16)7(12,13)14/h1-2H,3H2. The van der Waals surface area contributed by atoms with Crippen molar-refractivity contribution < 1.29 is 35.5 Å². The fourth-order valence-corrected chi connectivity index (χ4v) is 1.35. The van der Waals surface area contributed by atoms with Gasteiger partial charge in [-0.05, 0) is 12.2 Å². The zero-order valence-electron chi connectivity index (χ0n) is 7.79. The van der Waals surface area contributed by atoms with Gasteiger partial charge >= 0.3 is 12.3 Å². The van der Waals surface area contributed by atoms with E-state index in [1.54, 1.807) is 0 Å². The molecule has 1 atom stereocenters. The minimum Gasteiger partial charge on any atom is -0.271 e. The van der Waals surface area contributed by atoms with Gasteiger partial charge in [0.2, 0.25) is 5.85 Å². The Morgan fingerprint density at radius 2 is 1.76 bits per heavy atom. The van der Waals surface area contributed by atoms with Crippen molar-refractivity contribution in [2.75, 3.05) is 0 Å². The number of ether oxygens (including phenoxy) is 1. The van der Waals surface area contributed by atoms with Gasteiger partial charge in [0.1, 0.15) is 5.83 Å². The van der Waals surface area contributed by atoms with Crippen LogP contribution in [0.3, 0.4) is 0 Å². The first-order chi connectivity index (χ1) is 7.45. The Morgan fingerprint density at radius 1 is 1.24 bits per heavy atom. The van der Waals surface area contributed by atoms with Crippen molar-refractivity contribution in [3.05, 3.63) is 23.0 Å². The van der Waals surface area contributed by atoms with Gasteiger partial charge in [0.05, 0.1) is 6.42 Å². The number of allylic oxidation sites excluding steroid dienone is 2. The first-order valence-electron chi connectivity index (χ1n) is 4.03. The minimum atomic E-state index is -6.11. The summed E-state index contributed by atoms with van der Waals surface area (Å²) < 4.78 is 89.2. The van der Waals surface area contributed by atoms with Gasteiger partial charge in [-0.25, -0.2) is 8.78 Å². The fourth-order valence-electron chi connectivity index (χ4n) is 1.07. The number of alkyl halides is 6. The van der Waals surface area contributed by atoms with Gasteiger partial charge in [0.25, 0.3) is 0 Å². The lowest BCUT2D eigenvalue weighted by molar-refractivity contribution is -0.426. The molecule has 0 aliphatic heterocycles.